The van der Waals surface area contributed by atoms with Crippen LogP contribution >= 0.6 is 0 Å². The van der Waals surface area contributed by atoms with E-state index in [1.807, 2.05) is 0 Å². The standard InChI is InChI=1S/C10H9NO4/c1-14-8-4-9-7(11-5-15-9)2-6(8)3-10(12)13/h2,4-5H,3H2,1H3,(H,12,13). The van der Waals surface area contributed by atoms with E-state index in [2.05, 4.69) is 4.98 Å². The lowest BCUT2D eigenvalue weighted by molar-refractivity contribution is -0.136. The monoisotopic (exact) mass is 207 g/mol. The topological polar surface area (TPSA) is 72.6 Å². The molecule has 0 amide bonds. The first-order chi connectivity index (χ1) is 7.20. The minimum absolute atomic E-state index is 0.0913. The SMILES string of the molecule is COc1cc2ocnc2cc1CC(=O)O. The number of methoxy groups -OCH3 is 1. The summed E-state index contributed by atoms with van der Waals surface area (Å²) in [4.78, 5) is 14.6. The van der Waals surface area contributed by atoms with Crippen LogP contribution in [0, 0.1) is 0 Å². The van der Waals surface area contributed by atoms with Crippen LogP contribution in [0.2, 0.25) is 0 Å². The molecule has 0 radical (unpaired) electrons. The maximum absolute atomic E-state index is 10.6. The zero-order valence-corrected chi connectivity index (χ0v) is 8.06. The molecule has 1 heterocycles. The summed E-state index contributed by atoms with van der Waals surface area (Å²) in [5.74, 6) is -0.405. The second kappa shape index (κ2) is 3.61. The highest BCUT2D eigenvalue weighted by molar-refractivity contribution is 5.79. The van der Waals surface area contributed by atoms with E-state index < -0.39 is 5.97 Å². The number of benzene rings is 1. The summed E-state index contributed by atoms with van der Waals surface area (Å²) in [6, 6.07) is 3.30. The molecule has 15 heavy (non-hydrogen) atoms. The molecule has 1 aromatic carbocycles. The molecule has 0 fully saturated rings. The summed E-state index contributed by atoms with van der Waals surface area (Å²) in [6.45, 7) is 0. The molecule has 78 valence electrons. The largest absolute Gasteiger partial charge is 0.496 e. The van der Waals surface area contributed by atoms with E-state index in [0.29, 0.717) is 22.4 Å². The number of oxazole rings is 1. The number of carbonyl (C=O) groups is 1. The molecule has 2 rings (SSSR count). The highest BCUT2D eigenvalue weighted by Crippen LogP contribution is 2.25. The summed E-state index contributed by atoms with van der Waals surface area (Å²) >= 11 is 0. The predicted octanol–water partition coefficient (Wildman–Crippen LogP) is 1.46. The number of aromatic nitrogens is 1. The lowest BCUT2D eigenvalue weighted by Gasteiger charge is -2.05. The van der Waals surface area contributed by atoms with Gasteiger partial charge in [-0.05, 0) is 6.07 Å². The highest BCUT2D eigenvalue weighted by Gasteiger charge is 2.11. The molecule has 0 aliphatic rings. The van der Waals surface area contributed by atoms with Crippen LogP contribution in [0.4, 0.5) is 0 Å². The van der Waals surface area contributed by atoms with Gasteiger partial charge >= 0.3 is 5.97 Å². The Hall–Kier alpha value is -2.04. The molecule has 5 nitrogen and oxygen atoms in total. The Bertz CT molecular complexity index is 503. The molecule has 0 bridgehead atoms. The van der Waals surface area contributed by atoms with Crippen molar-refractivity contribution in [1.29, 1.82) is 0 Å². The zero-order valence-electron chi connectivity index (χ0n) is 8.06. The second-order valence-corrected chi connectivity index (χ2v) is 3.05. The molecule has 0 aliphatic carbocycles. The first kappa shape index (κ1) is 9.51. The van der Waals surface area contributed by atoms with Gasteiger partial charge in [0.05, 0.1) is 13.5 Å². The fraction of sp³-hybridized carbons (Fsp3) is 0.200. The Labute approximate surface area is 85.3 Å². The molecule has 2 aromatic rings. The van der Waals surface area contributed by atoms with Crippen molar-refractivity contribution >= 4 is 17.1 Å². The normalized spacial score (nSPS) is 10.5. The van der Waals surface area contributed by atoms with Gasteiger partial charge in [0.1, 0.15) is 11.3 Å². The Kier molecular flexibility index (Phi) is 2.29. The van der Waals surface area contributed by atoms with Crippen molar-refractivity contribution in [3.05, 3.63) is 24.1 Å². The van der Waals surface area contributed by atoms with E-state index in [-0.39, 0.29) is 6.42 Å². The van der Waals surface area contributed by atoms with E-state index >= 15 is 0 Å². The van der Waals surface area contributed by atoms with Crippen LogP contribution in [0.25, 0.3) is 11.1 Å². The fourth-order valence-corrected chi connectivity index (χ4v) is 1.42. The zero-order chi connectivity index (χ0) is 10.8. The van der Waals surface area contributed by atoms with E-state index in [4.69, 9.17) is 14.3 Å². The molecule has 0 unspecified atom stereocenters. The summed E-state index contributed by atoms with van der Waals surface area (Å²) < 4.78 is 10.2. The first-order valence-electron chi connectivity index (χ1n) is 4.32. The fourth-order valence-electron chi connectivity index (χ4n) is 1.42. The van der Waals surface area contributed by atoms with Crippen molar-refractivity contribution in [2.24, 2.45) is 0 Å². The Morgan fingerprint density at radius 3 is 3.07 bits per heavy atom. The summed E-state index contributed by atoms with van der Waals surface area (Å²) in [5, 5.41) is 8.71. The van der Waals surface area contributed by atoms with Crippen LogP contribution in [0.3, 0.4) is 0 Å². The third kappa shape index (κ3) is 1.76. The number of carboxylic acids is 1. The third-order valence-corrected chi connectivity index (χ3v) is 2.08. The van der Waals surface area contributed by atoms with Crippen molar-refractivity contribution < 1.29 is 19.1 Å². The number of hydrogen-bond acceptors (Lipinski definition) is 4. The number of aliphatic carboxylic acids is 1. The van der Waals surface area contributed by atoms with Gasteiger partial charge < -0.3 is 14.3 Å². The first-order valence-corrected chi connectivity index (χ1v) is 4.32. The van der Waals surface area contributed by atoms with Crippen LogP contribution in [0.5, 0.6) is 5.75 Å². The quantitative estimate of drug-likeness (QED) is 0.824. The molecule has 5 heteroatoms. The molecule has 1 aromatic heterocycles. The van der Waals surface area contributed by atoms with Gasteiger partial charge in [-0.25, -0.2) is 4.98 Å². The van der Waals surface area contributed by atoms with Crippen molar-refractivity contribution in [1.82, 2.24) is 4.98 Å². The Morgan fingerprint density at radius 1 is 1.60 bits per heavy atom. The molecular formula is C10H9NO4. The third-order valence-electron chi connectivity index (χ3n) is 2.08. The van der Waals surface area contributed by atoms with Gasteiger partial charge in [-0.1, -0.05) is 0 Å². The van der Waals surface area contributed by atoms with Gasteiger partial charge in [0, 0.05) is 11.6 Å². The van der Waals surface area contributed by atoms with Crippen LogP contribution in [-0.2, 0) is 11.2 Å². The Balaban J connectivity index is 2.54. The molecule has 0 saturated carbocycles. The van der Waals surface area contributed by atoms with Gasteiger partial charge in [0.2, 0.25) is 0 Å². The molecule has 0 spiro atoms. The molecule has 1 N–H and O–H groups in total. The van der Waals surface area contributed by atoms with Crippen LogP contribution < -0.4 is 4.74 Å². The number of nitrogens with zero attached hydrogens (tertiary/aromatic N) is 1. The van der Waals surface area contributed by atoms with Crippen LogP contribution in [-0.4, -0.2) is 23.2 Å². The number of fused-ring (bicyclic) bond motifs is 1. The van der Waals surface area contributed by atoms with Crippen molar-refractivity contribution in [3.8, 4) is 5.75 Å². The van der Waals surface area contributed by atoms with E-state index in [1.165, 1.54) is 13.5 Å². The average Bonchev–Trinajstić information content (AvgIpc) is 2.62. The highest BCUT2D eigenvalue weighted by atomic mass is 16.5. The van der Waals surface area contributed by atoms with Gasteiger partial charge in [-0.15, -0.1) is 0 Å². The molecule has 0 atom stereocenters. The number of ether oxygens (including phenoxy) is 1. The number of hydrogen-bond donors (Lipinski definition) is 1. The molecule has 0 aliphatic heterocycles. The summed E-state index contributed by atoms with van der Waals surface area (Å²) in [5.41, 5.74) is 1.81. The lowest BCUT2D eigenvalue weighted by Crippen LogP contribution is -2.02. The predicted molar refractivity (Wildman–Crippen MR) is 51.9 cm³/mol. The second-order valence-electron chi connectivity index (χ2n) is 3.05. The lowest BCUT2D eigenvalue weighted by atomic mass is 10.1. The van der Waals surface area contributed by atoms with E-state index in [1.54, 1.807) is 12.1 Å². The van der Waals surface area contributed by atoms with Gasteiger partial charge in [-0.2, -0.15) is 0 Å². The molecular weight excluding hydrogens is 198 g/mol. The van der Waals surface area contributed by atoms with Crippen LogP contribution in [0.1, 0.15) is 5.56 Å². The van der Waals surface area contributed by atoms with Crippen molar-refractivity contribution in [2.45, 2.75) is 6.42 Å². The van der Waals surface area contributed by atoms with E-state index in [9.17, 15) is 4.79 Å². The van der Waals surface area contributed by atoms with Crippen molar-refractivity contribution in [3.63, 3.8) is 0 Å². The Morgan fingerprint density at radius 2 is 2.40 bits per heavy atom. The summed E-state index contributed by atoms with van der Waals surface area (Å²) in [6.07, 6.45) is 1.22. The number of rotatable bonds is 3. The van der Waals surface area contributed by atoms with Gasteiger partial charge in [0.25, 0.3) is 0 Å². The average molecular weight is 207 g/mol. The minimum Gasteiger partial charge on any atom is -0.496 e. The van der Waals surface area contributed by atoms with Crippen molar-refractivity contribution in [2.75, 3.05) is 7.11 Å². The van der Waals surface area contributed by atoms with Gasteiger partial charge in [-0.3, -0.25) is 4.79 Å². The smallest absolute Gasteiger partial charge is 0.307 e. The molecule has 0 saturated heterocycles. The maximum atomic E-state index is 10.6. The maximum Gasteiger partial charge on any atom is 0.307 e. The van der Waals surface area contributed by atoms with Gasteiger partial charge in [0.15, 0.2) is 12.0 Å². The number of carboxylic acid groups (broad SMARTS) is 1. The van der Waals surface area contributed by atoms with Crippen LogP contribution in [0.15, 0.2) is 22.9 Å². The summed E-state index contributed by atoms with van der Waals surface area (Å²) in [7, 11) is 1.49. The van der Waals surface area contributed by atoms with E-state index in [0.717, 1.165) is 0 Å². The minimum atomic E-state index is -0.906.